The summed E-state index contributed by atoms with van der Waals surface area (Å²) in [6, 6.07) is 10.5. The van der Waals surface area contributed by atoms with Gasteiger partial charge in [0, 0.05) is 6.92 Å². The number of methoxy groups -OCH3 is 2. The van der Waals surface area contributed by atoms with Gasteiger partial charge in [0.1, 0.15) is 5.75 Å². The summed E-state index contributed by atoms with van der Waals surface area (Å²) in [5, 5.41) is 6.82. The predicted molar refractivity (Wildman–Crippen MR) is 110 cm³/mol. The SMILES string of the molecule is COc1cc(C)c(C(C)NC(=O)c2ccccc2OCc2noc(C)n2)cc1OC. The van der Waals surface area contributed by atoms with E-state index in [0.29, 0.717) is 34.5 Å². The molecule has 8 nitrogen and oxygen atoms in total. The van der Waals surface area contributed by atoms with Crippen molar-refractivity contribution in [2.45, 2.75) is 33.4 Å². The molecule has 1 amide bonds. The van der Waals surface area contributed by atoms with Crippen LogP contribution >= 0.6 is 0 Å². The molecule has 3 aromatic rings. The summed E-state index contributed by atoms with van der Waals surface area (Å²) in [5.41, 5.74) is 2.34. The summed E-state index contributed by atoms with van der Waals surface area (Å²) < 4.78 is 21.4. The van der Waals surface area contributed by atoms with E-state index in [0.717, 1.165) is 11.1 Å². The first-order valence-electron chi connectivity index (χ1n) is 9.47. The van der Waals surface area contributed by atoms with Gasteiger partial charge < -0.3 is 24.1 Å². The number of nitrogens with one attached hydrogen (secondary N) is 1. The van der Waals surface area contributed by atoms with Gasteiger partial charge in [0.25, 0.3) is 5.91 Å². The van der Waals surface area contributed by atoms with Gasteiger partial charge in [-0.15, -0.1) is 0 Å². The van der Waals surface area contributed by atoms with Crippen LogP contribution in [-0.2, 0) is 6.61 Å². The maximum Gasteiger partial charge on any atom is 0.255 e. The summed E-state index contributed by atoms with van der Waals surface area (Å²) in [4.78, 5) is 17.1. The van der Waals surface area contributed by atoms with E-state index in [1.54, 1.807) is 45.4 Å². The summed E-state index contributed by atoms with van der Waals surface area (Å²) in [6.07, 6.45) is 0. The molecule has 2 aromatic carbocycles. The van der Waals surface area contributed by atoms with E-state index < -0.39 is 0 Å². The van der Waals surface area contributed by atoms with Gasteiger partial charge in [-0.05, 0) is 49.2 Å². The Bertz CT molecular complexity index is 1030. The van der Waals surface area contributed by atoms with Gasteiger partial charge in [0.2, 0.25) is 11.7 Å². The zero-order valence-electron chi connectivity index (χ0n) is 17.7. The van der Waals surface area contributed by atoms with Crippen LogP contribution in [0.1, 0.15) is 46.2 Å². The lowest BCUT2D eigenvalue weighted by molar-refractivity contribution is 0.0935. The standard InChI is InChI=1S/C22H25N3O5/c1-13-10-19(27-4)20(28-5)11-17(13)14(2)23-22(26)16-8-6-7-9-18(16)29-12-21-24-15(3)30-25-21/h6-11,14H,12H2,1-5H3,(H,23,26). The first-order chi connectivity index (χ1) is 14.4. The van der Waals surface area contributed by atoms with E-state index in [9.17, 15) is 4.79 Å². The number of rotatable bonds is 8. The fraction of sp³-hybridized carbons (Fsp3) is 0.318. The van der Waals surface area contributed by atoms with Crippen molar-refractivity contribution in [1.82, 2.24) is 15.5 Å². The fourth-order valence-corrected chi connectivity index (χ4v) is 3.14. The van der Waals surface area contributed by atoms with E-state index in [2.05, 4.69) is 15.5 Å². The highest BCUT2D eigenvalue weighted by atomic mass is 16.5. The van der Waals surface area contributed by atoms with Crippen molar-refractivity contribution in [1.29, 1.82) is 0 Å². The van der Waals surface area contributed by atoms with Crippen LogP contribution in [0.3, 0.4) is 0 Å². The number of ether oxygens (including phenoxy) is 3. The van der Waals surface area contributed by atoms with Crippen LogP contribution in [0.5, 0.6) is 17.2 Å². The quantitative estimate of drug-likeness (QED) is 0.603. The maximum atomic E-state index is 13.0. The number of hydrogen-bond acceptors (Lipinski definition) is 7. The lowest BCUT2D eigenvalue weighted by Gasteiger charge is -2.20. The number of hydrogen-bond donors (Lipinski definition) is 1. The zero-order chi connectivity index (χ0) is 21.7. The second-order valence-corrected chi connectivity index (χ2v) is 6.77. The van der Waals surface area contributed by atoms with Gasteiger partial charge in [-0.2, -0.15) is 4.98 Å². The van der Waals surface area contributed by atoms with Crippen molar-refractivity contribution in [3.63, 3.8) is 0 Å². The number of amides is 1. The molecule has 1 unspecified atom stereocenters. The Morgan fingerprint density at radius 2 is 1.80 bits per heavy atom. The van der Waals surface area contributed by atoms with Gasteiger partial charge in [-0.1, -0.05) is 17.3 Å². The molecule has 8 heteroatoms. The van der Waals surface area contributed by atoms with Gasteiger partial charge in [-0.25, -0.2) is 0 Å². The summed E-state index contributed by atoms with van der Waals surface area (Å²) in [7, 11) is 3.17. The Morgan fingerprint density at radius 3 is 2.47 bits per heavy atom. The number of benzene rings is 2. The molecule has 1 atom stereocenters. The molecule has 0 aliphatic rings. The van der Waals surface area contributed by atoms with E-state index in [1.165, 1.54) is 0 Å². The molecule has 0 aliphatic carbocycles. The Balaban J connectivity index is 1.76. The number of carbonyl (C=O) groups is 1. The zero-order valence-corrected chi connectivity index (χ0v) is 17.7. The molecule has 1 aromatic heterocycles. The summed E-state index contributed by atoms with van der Waals surface area (Å²) in [6.45, 7) is 5.68. The van der Waals surface area contributed by atoms with E-state index in [1.807, 2.05) is 26.0 Å². The van der Waals surface area contributed by atoms with Crippen LogP contribution in [0.15, 0.2) is 40.9 Å². The molecule has 0 aliphatic heterocycles. The minimum Gasteiger partial charge on any atom is -0.493 e. The highest BCUT2D eigenvalue weighted by Gasteiger charge is 2.19. The molecule has 0 bridgehead atoms. The van der Waals surface area contributed by atoms with Crippen molar-refractivity contribution < 1.29 is 23.5 Å². The Labute approximate surface area is 175 Å². The average Bonchev–Trinajstić information content (AvgIpc) is 3.17. The predicted octanol–water partition coefficient (Wildman–Crippen LogP) is 3.77. The van der Waals surface area contributed by atoms with Crippen molar-refractivity contribution in [3.05, 3.63) is 64.8 Å². The van der Waals surface area contributed by atoms with E-state index >= 15 is 0 Å². The molecule has 0 saturated heterocycles. The average molecular weight is 411 g/mol. The van der Waals surface area contributed by atoms with E-state index in [4.69, 9.17) is 18.7 Å². The third-order valence-electron chi connectivity index (χ3n) is 4.64. The molecular formula is C22H25N3O5. The molecule has 0 spiro atoms. The summed E-state index contributed by atoms with van der Waals surface area (Å²) in [5.74, 6) is 2.31. The third kappa shape index (κ3) is 4.71. The van der Waals surface area contributed by atoms with Gasteiger partial charge >= 0.3 is 0 Å². The molecule has 0 radical (unpaired) electrons. The highest BCUT2D eigenvalue weighted by molar-refractivity contribution is 5.97. The Morgan fingerprint density at radius 1 is 1.10 bits per heavy atom. The number of aryl methyl sites for hydroxylation is 2. The van der Waals surface area contributed by atoms with Crippen LogP contribution in [0, 0.1) is 13.8 Å². The van der Waals surface area contributed by atoms with Gasteiger partial charge in [0.05, 0.1) is 25.8 Å². The fourth-order valence-electron chi connectivity index (χ4n) is 3.14. The molecule has 0 fully saturated rings. The molecule has 30 heavy (non-hydrogen) atoms. The normalized spacial score (nSPS) is 11.6. The molecule has 3 rings (SSSR count). The molecule has 1 heterocycles. The second-order valence-electron chi connectivity index (χ2n) is 6.77. The monoisotopic (exact) mass is 411 g/mol. The van der Waals surface area contributed by atoms with Gasteiger partial charge in [0.15, 0.2) is 18.1 Å². The first-order valence-corrected chi connectivity index (χ1v) is 9.47. The van der Waals surface area contributed by atoms with Crippen LogP contribution < -0.4 is 19.5 Å². The Kier molecular flexibility index (Phi) is 6.56. The lowest BCUT2D eigenvalue weighted by Crippen LogP contribution is -2.27. The first kappa shape index (κ1) is 21.2. The van der Waals surface area contributed by atoms with Crippen molar-refractivity contribution >= 4 is 5.91 Å². The Hall–Kier alpha value is -3.55. The minimum atomic E-state index is -0.259. The van der Waals surface area contributed by atoms with Crippen LogP contribution in [0.4, 0.5) is 0 Å². The highest BCUT2D eigenvalue weighted by Crippen LogP contribution is 2.33. The number of nitrogens with zero attached hydrogens (tertiary/aromatic N) is 2. The largest absolute Gasteiger partial charge is 0.493 e. The third-order valence-corrected chi connectivity index (χ3v) is 4.64. The van der Waals surface area contributed by atoms with E-state index in [-0.39, 0.29) is 18.6 Å². The van der Waals surface area contributed by atoms with Gasteiger partial charge in [-0.3, -0.25) is 4.79 Å². The number of carbonyl (C=O) groups excluding carboxylic acids is 1. The van der Waals surface area contributed by atoms with Crippen molar-refractivity contribution in [3.8, 4) is 17.2 Å². The molecule has 0 saturated carbocycles. The molecule has 158 valence electrons. The van der Waals surface area contributed by atoms with Crippen molar-refractivity contribution in [2.24, 2.45) is 0 Å². The van der Waals surface area contributed by atoms with Crippen LogP contribution in [-0.4, -0.2) is 30.3 Å². The van der Waals surface area contributed by atoms with Crippen LogP contribution in [0.25, 0.3) is 0 Å². The second kappa shape index (κ2) is 9.30. The maximum absolute atomic E-state index is 13.0. The van der Waals surface area contributed by atoms with Crippen molar-refractivity contribution in [2.75, 3.05) is 14.2 Å². The molecular weight excluding hydrogens is 386 g/mol. The van der Waals surface area contributed by atoms with Crippen LogP contribution in [0.2, 0.25) is 0 Å². The number of aromatic nitrogens is 2. The minimum absolute atomic E-state index is 0.103. The molecule has 1 N–H and O–H groups in total. The summed E-state index contributed by atoms with van der Waals surface area (Å²) >= 11 is 0. The number of para-hydroxylation sites is 1. The lowest BCUT2D eigenvalue weighted by atomic mass is 10.0. The topological polar surface area (TPSA) is 95.7 Å². The smallest absolute Gasteiger partial charge is 0.255 e.